The number of rotatable bonds is 9. The Morgan fingerprint density at radius 2 is 2.12 bits per heavy atom. The summed E-state index contributed by atoms with van der Waals surface area (Å²) in [7, 11) is 5.76. The second-order valence-electron chi connectivity index (χ2n) is 8.46. The highest BCUT2D eigenvalue weighted by atomic mass is 15.1. The van der Waals surface area contributed by atoms with Crippen LogP contribution >= 0.6 is 0 Å². The predicted octanol–water partition coefficient (Wildman–Crippen LogP) is 4.67. The van der Waals surface area contributed by atoms with Gasteiger partial charge in [0.05, 0.1) is 0 Å². The van der Waals surface area contributed by atoms with Crippen molar-refractivity contribution in [2.24, 2.45) is 4.99 Å². The third-order valence-electron chi connectivity index (χ3n) is 5.24. The van der Waals surface area contributed by atoms with Crippen LogP contribution in [0.25, 0.3) is 22.5 Å². The standard InChI is InChI=1S/C27H34N6/c1-7-20(18-33(5)6)21-9-8-10-22(14-21)26-30-17-25(23(15-28-4)13-19(2)3)27(32-26)31-24-11-12-29-16-24/h7-10,13-15,17-18,24,29H,1-2,11-12,16H2,3-6H3,(H,30,31,32)/b20-18+,23-13+,28-15-/t24-/m0/s1. The van der Waals surface area contributed by atoms with Crippen molar-refractivity contribution in [2.45, 2.75) is 19.4 Å². The molecule has 1 aromatic carbocycles. The molecule has 0 aliphatic carbocycles. The summed E-state index contributed by atoms with van der Waals surface area (Å²) >= 11 is 0. The van der Waals surface area contributed by atoms with E-state index in [1.165, 1.54) is 0 Å². The summed E-state index contributed by atoms with van der Waals surface area (Å²) in [5, 5.41) is 7.03. The maximum Gasteiger partial charge on any atom is 0.161 e. The van der Waals surface area contributed by atoms with E-state index in [0.29, 0.717) is 11.9 Å². The molecule has 6 heteroatoms. The molecule has 1 fully saturated rings. The first-order valence-electron chi connectivity index (χ1n) is 11.2. The molecule has 0 bridgehead atoms. The summed E-state index contributed by atoms with van der Waals surface area (Å²) in [5.74, 6) is 1.48. The summed E-state index contributed by atoms with van der Waals surface area (Å²) in [6.45, 7) is 11.9. The van der Waals surface area contributed by atoms with E-state index in [1.54, 1.807) is 7.05 Å². The van der Waals surface area contributed by atoms with Crippen LogP contribution in [-0.4, -0.2) is 61.4 Å². The Morgan fingerprint density at radius 3 is 2.76 bits per heavy atom. The molecule has 1 aromatic heterocycles. The van der Waals surface area contributed by atoms with E-state index in [2.05, 4.69) is 47.1 Å². The molecule has 2 N–H and O–H groups in total. The molecule has 1 saturated heterocycles. The summed E-state index contributed by atoms with van der Waals surface area (Å²) in [5.41, 5.74) is 5.85. The van der Waals surface area contributed by atoms with E-state index in [9.17, 15) is 0 Å². The van der Waals surface area contributed by atoms with E-state index in [1.807, 2.05) is 62.6 Å². The van der Waals surface area contributed by atoms with Gasteiger partial charge in [-0.05, 0) is 37.1 Å². The molecule has 0 amide bonds. The van der Waals surface area contributed by atoms with E-state index in [0.717, 1.165) is 58.7 Å². The fourth-order valence-electron chi connectivity index (χ4n) is 3.76. The lowest BCUT2D eigenvalue weighted by Gasteiger charge is -2.17. The third-order valence-corrected chi connectivity index (χ3v) is 5.24. The van der Waals surface area contributed by atoms with Crippen molar-refractivity contribution < 1.29 is 0 Å². The first-order valence-corrected chi connectivity index (χ1v) is 11.2. The monoisotopic (exact) mass is 442 g/mol. The first-order chi connectivity index (χ1) is 15.9. The predicted molar refractivity (Wildman–Crippen MR) is 141 cm³/mol. The number of nitrogens with one attached hydrogen (secondary N) is 2. The van der Waals surface area contributed by atoms with Gasteiger partial charge in [0.15, 0.2) is 5.82 Å². The maximum absolute atomic E-state index is 4.97. The quantitative estimate of drug-likeness (QED) is 0.437. The van der Waals surface area contributed by atoms with Gasteiger partial charge in [0, 0.05) is 69.0 Å². The molecule has 33 heavy (non-hydrogen) atoms. The zero-order valence-corrected chi connectivity index (χ0v) is 20.1. The average Bonchev–Trinajstić information content (AvgIpc) is 3.30. The van der Waals surface area contributed by atoms with Crippen molar-refractivity contribution in [3.63, 3.8) is 0 Å². The third kappa shape index (κ3) is 6.49. The topological polar surface area (TPSA) is 65.4 Å². The highest BCUT2D eigenvalue weighted by Crippen LogP contribution is 2.28. The first kappa shape index (κ1) is 24.1. The molecule has 0 unspecified atom stereocenters. The summed E-state index contributed by atoms with van der Waals surface area (Å²) in [6, 6.07) is 8.56. The number of benzene rings is 1. The Kier molecular flexibility index (Phi) is 8.33. The van der Waals surface area contributed by atoms with Gasteiger partial charge in [-0.3, -0.25) is 4.99 Å². The van der Waals surface area contributed by atoms with Gasteiger partial charge < -0.3 is 15.5 Å². The lowest BCUT2D eigenvalue weighted by molar-refractivity contribution is 0.566. The molecular formula is C27H34N6. The van der Waals surface area contributed by atoms with Crippen molar-refractivity contribution in [1.29, 1.82) is 0 Å². The van der Waals surface area contributed by atoms with Gasteiger partial charge in [-0.2, -0.15) is 0 Å². The summed E-state index contributed by atoms with van der Waals surface area (Å²) < 4.78 is 0. The molecule has 2 heterocycles. The average molecular weight is 443 g/mol. The van der Waals surface area contributed by atoms with Gasteiger partial charge in [-0.25, -0.2) is 9.97 Å². The van der Waals surface area contributed by atoms with Gasteiger partial charge in [0.2, 0.25) is 0 Å². The van der Waals surface area contributed by atoms with Gasteiger partial charge in [0.1, 0.15) is 5.82 Å². The maximum atomic E-state index is 4.97. The fourth-order valence-corrected chi connectivity index (χ4v) is 3.76. The number of allylic oxidation sites excluding steroid dienone is 5. The minimum absolute atomic E-state index is 0.317. The van der Waals surface area contributed by atoms with Crippen LogP contribution in [0.2, 0.25) is 0 Å². The van der Waals surface area contributed by atoms with Crippen LogP contribution in [0, 0.1) is 0 Å². The second-order valence-corrected chi connectivity index (χ2v) is 8.46. The van der Waals surface area contributed by atoms with Gasteiger partial charge in [-0.1, -0.05) is 49.1 Å². The minimum atomic E-state index is 0.317. The Hall–Kier alpha value is -3.51. The number of hydrogen-bond donors (Lipinski definition) is 2. The van der Waals surface area contributed by atoms with Crippen molar-refractivity contribution in [3.05, 3.63) is 78.7 Å². The molecule has 1 aliphatic rings. The molecular weight excluding hydrogens is 408 g/mol. The Morgan fingerprint density at radius 1 is 1.30 bits per heavy atom. The molecule has 0 spiro atoms. The van der Waals surface area contributed by atoms with Crippen LogP contribution in [0.4, 0.5) is 5.82 Å². The molecule has 172 valence electrons. The molecule has 2 aromatic rings. The van der Waals surface area contributed by atoms with E-state index >= 15 is 0 Å². The number of hydrogen-bond acceptors (Lipinski definition) is 6. The highest BCUT2D eigenvalue weighted by molar-refractivity contribution is 6.12. The van der Waals surface area contributed by atoms with E-state index < -0.39 is 0 Å². The number of nitrogens with zero attached hydrogens (tertiary/aromatic N) is 4. The number of aromatic nitrogens is 2. The van der Waals surface area contributed by atoms with Crippen molar-refractivity contribution in [2.75, 3.05) is 39.5 Å². The zero-order valence-electron chi connectivity index (χ0n) is 20.1. The molecule has 0 radical (unpaired) electrons. The zero-order chi connectivity index (χ0) is 23.8. The smallest absolute Gasteiger partial charge is 0.161 e. The van der Waals surface area contributed by atoms with Crippen LogP contribution in [0.3, 0.4) is 0 Å². The minimum Gasteiger partial charge on any atom is -0.383 e. The van der Waals surface area contributed by atoms with Crippen LogP contribution in [0.15, 0.2) is 72.5 Å². The number of aliphatic imine (C=N–C) groups is 1. The Bertz CT molecular complexity index is 1090. The van der Waals surface area contributed by atoms with Crippen molar-refractivity contribution in [1.82, 2.24) is 20.2 Å². The SMILES string of the molecule is C=C/C(=C\N(C)C)c1cccc(-c2ncc(C(/C=N\C)=C/C(=C)C)c(N[C@H]3CCNC3)n2)c1. The van der Waals surface area contributed by atoms with Crippen LogP contribution in [-0.2, 0) is 0 Å². The largest absolute Gasteiger partial charge is 0.383 e. The number of anilines is 1. The van der Waals surface area contributed by atoms with Crippen molar-refractivity contribution in [3.8, 4) is 11.4 Å². The molecule has 0 saturated carbocycles. The van der Waals surface area contributed by atoms with Crippen LogP contribution in [0.5, 0.6) is 0 Å². The van der Waals surface area contributed by atoms with E-state index in [-0.39, 0.29) is 0 Å². The fraction of sp³-hybridized carbons (Fsp3) is 0.296. The van der Waals surface area contributed by atoms with Crippen LogP contribution in [0.1, 0.15) is 24.5 Å². The lowest BCUT2D eigenvalue weighted by atomic mass is 10.0. The molecule has 3 rings (SSSR count). The molecule has 1 atom stereocenters. The molecule has 6 nitrogen and oxygen atoms in total. The normalized spacial score (nSPS) is 16.8. The van der Waals surface area contributed by atoms with Gasteiger partial charge >= 0.3 is 0 Å². The van der Waals surface area contributed by atoms with E-state index in [4.69, 9.17) is 9.97 Å². The van der Waals surface area contributed by atoms with Gasteiger partial charge in [0.25, 0.3) is 0 Å². The molecule has 1 aliphatic heterocycles. The summed E-state index contributed by atoms with van der Waals surface area (Å²) in [6.07, 6.45) is 10.7. The lowest BCUT2D eigenvalue weighted by Crippen LogP contribution is -2.23. The summed E-state index contributed by atoms with van der Waals surface area (Å²) in [4.78, 5) is 15.9. The van der Waals surface area contributed by atoms with Gasteiger partial charge in [-0.15, -0.1) is 0 Å². The Labute approximate surface area is 197 Å². The second kappa shape index (κ2) is 11.4. The van der Waals surface area contributed by atoms with Crippen LogP contribution < -0.4 is 10.6 Å². The highest BCUT2D eigenvalue weighted by Gasteiger charge is 2.19. The Balaban J connectivity index is 2.08. The van der Waals surface area contributed by atoms with Crippen molar-refractivity contribution >= 4 is 23.2 Å².